The third kappa shape index (κ3) is 3.52. The van der Waals surface area contributed by atoms with Crippen molar-refractivity contribution in [1.29, 1.82) is 0 Å². The van der Waals surface area contributed by atoms with Gasteiger partial charge in [0.25, 0.3) is 5.91 Å². The van der Waals surface area contributed by atoms with E-state index in [2.05, 4.69) is 4.36 Å². The molecule has 1 heterocycles. The fourth-order valence-electron chi connectivity index (χ4n) is 1.23. The number of amides is 1. The minimum absolute atomic E-state index is 0.0469. The van der Waals surface area contributed by atoms with Crippen molar-refractivity contribution in [2.45, 2.75) is 31.2 Å². The van der Waals surface area contributed by atoms with Crippen LogP contribution in [0.1, 0.15) is 20.3 Å². The molecule has 0 aliphatic heterocycles. The van der Waals surface area contributed by atoms with Gasteiger partial charge in [-0.3, -0.25) is 4.79 Å². The summed E-state index contributed by atoms with van der Waals surface area (Å²) in [7, 11) is -3.31. The number of nitrogens with zero attached hydrogens (tertiary/aromatic N) is 1. The largest absolute Gasteiger partial charge is 0.320 e. The Morgan fingerprint density at radius 1 is 1.67 bits per heavy atom. The van der Waals surface area contributed by atoms with Crippen molar-refractivity contribution < 1.29 is 9.00 Å². The summed E-state index contributed by atoms with van der Waals surface area (Å²) in [6.07, 6.45) is 0.730. The number of hydrogen-bond donors (Lipinski definition) is 2. The van der Waals surface area contributed by atoms with Crippen molar-refractivity contribution in [2.75, 3.05) is 0 Å². The predicted octanol–water partition coefficient (Wildman–Crippen LogP) is 2.00. The zero-order chi connectivity index (χ0) is 13.9. The lowest BCUT2D eigenvalue weighted by atomic mass is 10.00. The Morgan fingerprint density at radius 3 is 2.72 bits per heavy atom. The van der Waals surface area contributed by atoms with Gasteiger partial charge in [0.1, 0.15) is 14.3 Å². The molecular formula is C10H16ClN3O2S2. The maximum atomic E-state index is 12.2. The molecule has 1 aromatic heterocycles. The first-order valence-corrected chi connectivity index (χ1v) is 8.20. The number of rotatable bonds is 4. The zero-order valence-corrected chi connectivity index (χ0v) is 12.5. The molecule has 102 valence electrons. The van der Waals surface area contributed by atoms with Crippen LogP contribution in [0.15, 0.2) is 20.7 Å². The summed E-state index contributed by atoms with van der Waals surface area (Å²) < 4.78 is 16.0. The molecule has 1 unspecified atom stereocenters. The minimum Gasteiger partial charge on any atom is -0.320 e. The molecule has 1 amide bonds. The van der Waals surface area contributed by atoms with Gasteiger partial charge in [-0.2, -0.15) is 0 Å². The molecule has 18 heavy (non-hydrogen) atoms. The highest BCUT2D eigenvalue weighted by Crippen LogP contribution is 2.27. The second kappa shape index (κ2) is 6.12. The van der Waals surface area contributed by atoms with Crippen molar-refractivity contribution >= 4 is 38.8 Å². The molecule has 3 atom stereocenters. The molecule has 0 radical (unpaired) electrons. The third-order valence-corrected chi connectivity index (χ3v) is 5.50. The molecule has 0 spiro atoms. The van der Waals surface area contributed by atoms with E-state index in [0.29, 0.717) is 0 Å². The Balaban J connectivity index is 3.06. The standard InChI is InChI=1S/C10H16ClN3O2S2/c1-3-6(2)8(12)10(15)14-18(13,16)7-4-5-17-9(7)11/h4-6,8H,3,12H2,1-2H3,(H2,13,14,15,16)/t6-,8-,18?/m0/s1. The van der Waals surface area contributed by atoms with Crippen molar-refractivity contribution in [1.82, 2.24) is 0 Å². The Bertz CT molecular complexity index is 549. The highest BCUT2D eigenvalue weighted by molar-refractivity contribution is 7.92. The first-order valence-electron chi connectivity index (χ1n) is 5.37. The lowest BCUT2D eigenvalue weighted by molar-refractivity contribution is -0.119. The van der Waals surface area contributed by atoms with Crippen LogP contribution in [0.2, 0.25) is 4.34 Å². The Kier molecular flexibility index (Phi) is 5.30. The second-order valence-electron chi connectivity index (χ2n) is 3.97. The quantitative estimate of drug-likeness (QED) is 0.889. The normalized spacial score (nSPS) is 17.8. The van der Waals surface area contributed by atoms with Crippen molar-refractivity contribution in [3.8, 4) is 0 Å². The van der Waals surface area contributed by atoms with E-state index in [9.17, 15) is 9.00 Å². The van der Waals surface area contributed by atoms with Crippen LogP contribution >= 0.6 is 22.9 Å². The van der Waals surface area contributed by atoms with Crippen molar-refractivity contribution in [3.05, 3.63) is 15.8 Å². The maximum Gasteiger partial charge on any atom is 0.272 e. The fourth-order valence-corrected chi connectivity index (χ4v) is 3.86. The van der Waals surface area contributed by atoms with Crippen LogP contribution in [0, 0.1) is 5.92 Å². The maximum absolute atomic E-state index is 12.2. The molecule has 0 aliphatic carbocycles. The Morgan fingerprint density at radius 2 is 2.28 bits per heavy atom. The first kappa shape index (κ1) is 15.6. The smallest absolute Gasteiger partial charge is 0.272 e. The summed E-state index contributed by atoms with van der Waals surface area (Å²) in [4.78, 5) is 12.0. The van der Waals surface area contributed by atoms with E-state index in [4.69, 9.17) is 22.5 Å². The monoisotopic (exact) mass is 309 g/mol. The van der Waals surface area contributed by atoms with E-state index in [-0.39, 0.29) is 15.1 Å². The molecule has 5 nitrogen and oxygen atoms in total. The zero-order valence-electron chi connectivity index (χ0n) is 10.1. The topological polar surface area (TPSA) is 98.5 Å². The minimum atomic E-state index is -3.31. The summed E-state index contributed by atoms with van der Waals surface area (Å²) in [5.41, 5.74) is 5.72. The van der Waals surface area contributed by atoms with Crippen LogP contribution in [0.4, 0.5) is 0 Å². The summed E-state index contributed by atoms with van der Waals surface area (Å²) in [5.74, 6) is -0.700. The SMILES string of the molecule is CC[C@H](C)[C@H](N)C(=O)N=S(N)(=O)c1ccsc1Cl. The summed E-state index contributed by atoms with van der Waals surface area (Å²) in [6.45, 7) is 3.74. The van der Waals surface area contributed by atoms with Crippen molar-refractivity contribution in [3.63, 3.8) is 0 Å². The Hall–Kier alpha value is -0.470. The average Bonchev–Trinajstić information content (AvgIpc) is 2.73. The van der Waals surface area contributed by atoms with Gasteiger partial charge in [0.05, 0.1) is 10.9 Å². The molecule has 0 saturated carbocycles. The molecule has 4 N–H and O–H groups in total. The van der Waals surface area contributed by atoms with E-state index in [0.717, 1.165) is 6.42 Å². The average molecular weight is 310 g/mol. The molecule has 0 aliphatic rings. The molecular weight excluding hydrogens is 294 g/mol. The van der Waals surface area contributed by atoms with Gasteiger partial charge < -0.3 is 5.73 Å². The van der Waals surface area contributed by atoms with E-state index < -0.39 is 21.9 Å². The number of carbonyl (C=O) groups is 1. The number of thiophene rings is 1. The highest BCUT2D eigenvalue weighted by atomic mass is 35.5. The van der Waals surface area contributed by atoms with E-state index in [1.165, 1.54) is 17.4 Å². The first-order chi connectivity index (χ1) is 8.29. The van der Waals surface area contributed by atoms with Crippen LogP contribution in [-0.2, 0) is 14.7 Å². The van der Waals surface area contributed by atoms with Gasteiger partial charge in [0.2, 0.25) is 0 Å². The van der Waals surface area contributed by atoms with Gasteiger partial charge >= 0.3 is 0 Å². The van der Waals surface area contributed by atoms with Gasteiger partial charge in [-0.25, -0.2) is 9.35 Å². The number of hydrogen-bond acceptors (Lipinski definition) is 4. The highest BCUT2D eigenvalue weighted by Gasteiger charge is 2.22. The third-order valence-electron chi connectivity index (χ3n) is 2.67. The number of carbonyl (C=O) groups excluding carboxylic acids is 1. The molecule has 0 saturated heterocycles. The van der Waals surface area contributed by atoms with Crippen LogP contribution in [0.25, 0.3) is 0 Å². The molecule has 0 aromatic carbocycles. The summed E-state index contributed by atoms with van der Waals surface area (Å²) in [6, 6.07) is 0.706. The lowest BCUT2D eigenvalue weighted by Gasteiger charge is -2.14. The van der Waals surface area contributed by atoms with Gasteiger partial charge in [-0.15, -0.1) is 15.7 Å². The van der Waals surface area contributed by atoms with Gasteiger partial charge in [-0.1, -0.05) is 31.9 Å². The van der Waals surface area contributed by atoms with E-state index >= 15 is 0 Å². The Labute approximate surface area is 116 Å². The van der Waals surface area contributed by atoms with Crippen LogP contribution in [0.5, 0.6) is 0 Å². The van der Waals surface area contributed by atoms with E-state index in [1.54, 1.807) is 5.38 Å². The molecule has 0 fully saturated rings. The lowest BCUT2D eigenvalue weighted by Crippen LogP contribution is -2.36. The van der Waals surface area contributed by atoms with Crippen molar-refractivity contribution in [2.24, 2.45) is 21.2 Å². The number of halogens is 1. The second-order valence-corrected chi connectivity index (χ2v) is 7.25. The molecule has 1 rings (SSSR count). The van der Waals surface area contributed by atoms with Gasteiger partial charge in [0, 0.05) is 0 Å². The predicted molar refractivity (Wildman–Crippen MR) is 74.8 cm³/mol. The van der Waals surface area contributed by atoms with Crippen LogP contribution < -0.4 is 10.9 Å². The molecule has 8 heteroatoms. The van der Waals surface area contributed by atoms with Crippen LogP contribution in [0.3, 0.4) is 0 Å². The fraction of sp³-hybridized carbons (Fsp3) is 0.500. The van der Waals surface area contributed by atoms with Crippen LogP contribution in [-0.4, -0.2) is 16.2 Å². The number of nitrogens with two attached hydrogens (primary N) is 2. The summed E-state index contributed by atoms with van der Waals surface area (Å²) >= 11 is 7.02. The molecule has 1 aromatic rings. The van der Waals surface area contributed by atoms with Gasteiger partial charge in [-0.05, 0) is 17.4 Å². The molecule has 0 bridgehead atoms. The van der Waals surface area contributed by atoms with Gasteiger partial charge in [0.15, 0.2) is 0 Å². The summed E-state index contributed by atoms with van der Waals surface area (Å²) in [5, 5.41) is 7.21. The van der Waals surface area contributed by atoms with E-state index in [1.807, 2.05) is 13.8 Å².